The van der Waals surface area contributed by atoms with Gasteiger partial charge in [-0.3, -0.25) is 4.90 Å². The molecule has 1 saturated heterocycles. The van der Waals surface area contributed by atoms with E-state index in [4.69, 9.17) is 11.6 Å². The van der Waals surface area contributed by atoms with E-state index in [2.05, 4.69) is 14.8 Å². The summed E-state index contributed by atoms with van der Waals surface area (Å²) in [5, 5.41) is 0. The van der Waals surface area contributed by atoms with Gasteiger partial charge >= 0.3 is 0 Å². The van der Waals surface area contributed by atoms with E-state index in [1.807, 2.05) is 0 Å². The van der Waals surface area contributed by atoms with Gasteiger partial charge in [-0.25, -0.2) is 9.37 Å². The number of pyridine rings is 1. The van der Waals surface area contributed by atoms with Gasteiger partial charge in [-0.1, -0.05) is 12.8 Å². The van der Waals surface area contributed by atoms with Crippen LogP contribution in [0.15, 0.2) is 12.3 Å². The predicted molar refractivity (Wildman–Crippen MR) is 79.8 cm³/mol. The standard InChI is InChI=1S/C15H21ClFN3/c16-11-12-5-6-18-15(14(12)17)20-9-7-19(8-10-20)13-3-1-2-4-13/h5-6,13H,1-4,7-11H2. The van der Waals surface area contributed by atoms with Crippen molar-refractivity contribution in [3.63, 3.8) is 0 Å². The third kappa shape index (κ3) is 2.77. The van der Waals surface area contributed by atoms with Gasteiger partial charge in [-0.05, 0) is 18.9 Å². The highest BCUT2D eigenvalue weighted by atomic mass is 35.5. The maximum Gasteiger partial charge on any atom is 0.170 e. The Morgan fingerprint density at radius 2 is 1.90 bits per heavy atom. The number of nitrogens with zero attached hydrogens (tertiary/aromatic N) is 3. The first-order valence-corrected chi connectivity index (χ1v) is 8.01. The van der Waals surface area contributed by atoms with Crippen molar-refractivity contribution in [3.8, 4) is 0 Å². The number of aromatic nitrogens is 1. The molecule has 1 aromatic heterocycles. The lowest BCUT2D eigenvalue weighted by Crippen LogP contribution is -2.50. The van der Waals surface area contributed by atoms with Gasteiger partial charge in [0.05, 0.1) is 5.88 Å². The normalized spacial score (nSPS) is 21.6. The zero-order chi connectivity index (χ0) is 13.9. The number of halogens is 2. The van der Waals surface area contributed by atoms with Gasteiger partial charge in [-0.2, -0.15) is 0 Å². The fourth-order valence-electron chi connectivity index (χ4n) is 3.36. The summed E-state index contributed by atoms with van der Waals surface area (Å²) in [5.74, 6) is 0.412. The molecule has 0 amide bonds. The molecule has 110 valence electrons. The largest absolute Gasteiger partial charge is 0.352 e. The van der Waals surface area contributed by atoms with Crippen molar-refractivity contribution in [2.24, 2.45) is 0 Å². The topological polar surface area (TPSA) is 19.4 Å². The van der Waals surface area contributed by atoms with Gasteiger partial charge in [0.2, 0.25) is 0 Å². The Morgan fingerprint density at radius 3 is 2.55 bits per heavy atom. The van der Waals surface area contributed by atoms with E-state index < -0.39 is 0 Å². The summed E-state index contributed by atoms with van der Waals surface area (Å²) in [6.45, 7) is 3.73. The Morgan fingerprint density at radius 1 is 1.20 bits per heavy atom. The zero-order valence-corrected chi connectivity index (χ0v) is 12.4. The Kier molecular flexibility index (Phi) is 4.41. The van der Waals surface area contributed by atoms with E-state index in [1.54, 1.807) is 12.3 Å². The lowest BCUT2D eigenvalue weighted by Gasteiger charge is -2.38. The van der Waals surface area contributed by atoms with Crippen molar-refractivity contribution in [1.82, 2.24) is 9.88 Å². The number of hydrogen-bond acceptors (Lipinski definition) is 3. The lowest BCUT2D eigenvalue weighted by molar-refractivity contribution is 0.187. The van der Waals surface area contributed by atoms with Crippen molar-refractivity contribution in [2.45, 2.75) is 37.6 Å². The Bertz CT molecular complexity index is 454. The monoisotopic (exact) mass is 297 g/mol. The molecule has 1 aliphatic heterocycles. The molecule has 20 heavy (non-hydrogen) atoms. The second-order valence-electron chi connectivity index (χ2n) is 5.70. The summed E-state index contributed by atoms with van der Waals surface area (Å²) in [7, 11) is 0. The molecule has 3 rings (SSSR count). The van der Waals surface area contributed by atoms with Crippen LogP contribution < -0.4 is 4.90 Å². The van der Waals surface area contributed by atoms with E-state index in [-0.39, 0.29) is 11.7 Å². The molecule has 0 atom stereocenters. The third-order valence-electron chi connectivity index (χ3n) is 4.55. The average molecular weight is 298 g/mol. The molecule has 0 spiro atoms. The second-order valence-corrected chi connectivity index (χ2v) is 5.97. The number of piperazine rings is 1. The molecule has 3 nitrogen and oxygen atoms in total. The van der Waals surface area contributed by atoms with E-state index in [0.29, 0.717) is 11.4 Å². The van der Waals surface area contributed by atoms with Crippen LogP contribution in [0.4, 0.5) is 10.2 Å². The highest BCUT2D eigenvalue weighted by Gasteiger charge is 2.27. The minimum absolute atomic E-state index is 0.198. The lowest BCUT2D eigenvalue weighted by atomic mass is 10.1. The number of hydrogen-bond donors (Lipinski definition) is 0. The second kappa shape index (κ2) is 6.27. The van der Waals surface area contributed by atoms with Gasteiger partial charge in [0.25, 0.3) is 0 Å². The van der Waals surface area contributed by atoms with E-state index >= 15 is 0 Å². The molecule has 1 aromatic rings. The molecular formula is C15H21ClFN3. The van der Waals surface area contributed by atoms with Gasteiger partial charge < -0.3 is 4.90 Å². The molecule has 2 fully saturated rings. The molecule has 1 saturated carbocycles. The average Bonchev–Trinajstić information content (AvgIpc) is 3.02. The SMILES string of the molecule is Fc1c(CCl)ccnc1N1CCN(C2CCCC2)CC1. The molecule has 0 bridgehead atoms. The van der Waals surface area contributed by atoms with Crippen LogP contribution in [0.1, 0.15) is 31.2 Å². The quantitative estimate of drug-likeness (QED) is 0.800. The smallest absolute Gasteiger partial charge is 0.170 e. The van der Waals surface area contributed by atoms with Crippen molar-refractivity contribution in [2.75, 3.05) is 31.1 Å². The minimum atomic E-state index is -0.253. The fourth-order valence-corrected chi connectivity index (χ4v) is 3.57. The molecule has 0 N–H and O–H groups in total. The van der Waals surface area contributed by atoms with Crippen molar-refractivity contribution in [1.29, 1.82) is 0 Å². The van der Waals surface area contributed by atoms with Crippen molar-refractivity contribution in [3.05, 3.63) is 23.6 Å². The summed E-state index contributed by atoms with van der Waals surface area (Å²) >= 11 is 5.76. The Balaban J connectivity index is 1.65. The molecule has 0 radical (unpaired) electrons. The first-order chi connectivity index (χ1) is 9.79. The summed E-state index contributed by atoms with van der Waals surface area (Å²) in [6, 6.07) is 2.41. The minimum Gasteiger partial charge on any atom is -0.352 e. The van der Waals surface area contributed by atoms with E-state index in [9.17, 15) is 4.39 Å². The maximum atomic E-state index is 14.3. The van der Waals surface area contributed by atoms with Crippen LogP contribution in [0.25, 0.3) is 0 Å². The highest BCUT2D eigenvalue weighted by molar-refractivity contribution is 6.17. The van der Waals surface area contributed by atoms with Crippen molar-refractivity contribution < 1.29 is 4.39 Å². The van der Waals surface area contributed by atoms with Crippen LogP contribution >= 0.6 is 11.6 Å². The summed E-state index contributed by atoms with van der Waals surface area (Å²) in [4.78, 5) is 8.82. The molecule has 5 heteroatoms. The first-order valence-electron chi connectivity index (χ1n) is 7.48. The van der Waals surface area contributed by atoms with Crippen LogP contribution in [0.5, 0.6) is 0 Å². The summed E-state index contributed by atoms with van der Waals surface area (Å²) in [5.41, 5.74) is 0.537. The van der Waals surface area contributed by atoms with Gasteiger partial charge in [0.15, 0.2) is 11.6 Å². The first kappa shape index (κ1) is 14.1. The molecule has 2 aliphatic rings. The summed E-state index contributed by atoms with van der Waals surface area (Å²) in [6.07, 6.45) is 7.03. The molecular weight excluding hydrogens is 277 g/mol. The fraction of sp³-hybridized carbons (Fsp3) is 0.667. The van der Waals surface area contributed by atoms with E-state index in [1.165, 1.54) is 25.7 Å². The van der Waals surface area contributed by atoms with Crippen LogP contribution in [0.2, 0.25) is 0 Å². The zero-order valence-electron chi connectivity index (χ0n) is 11.7. The predicted octanol–water partition coefficient (Wildman–Crippen LogP) is 3.02. The van der Waals surface area contributed by atoms with Gasteiger partial charge in [0.1, 0.15) is 0 Å². The van der Waals surface area contributed by atoms with Crippen LogP contribution in [-0.4, -0.2) is 42.1 Å². The molecule has 1 aliphatic carbocycles. The van der Waals surface area contributed by atoms with E-state index in [0.717, 1.165) is 32.2 Å². The number of alkyl halides is 1. The van der Waals surface area contributed by atoms with Gasteiger partial charge in [0, 0.05) is 44.0 Å². The molecule has 0 unspecified atom stereocenters. The summed E-state index contributed by atoms with van der Waals surface area (Å²) < 4.78 is 14.3. The van der Waals surface area contributed by atoms with Gasteiger partial charge in [-0.15, -0.1) is 11.6 Å². The third-order valence-corrected chi connectivity index (χ3v) is 4.84. The van der Waals surface area contributed by atoms with Crippen LogP contribution in [0.3, 0.4) is 0 Å². The van der Waals surface area contributed by atoms with Crippen LogP contribution in [0, 0.1) is 5.82 Å². The number of rotatable bonds is 3. The number of anilines is 1. The Hall–Kier alpha value is -0.870. The highest BCUT2D eigenvalue weighted by Crippen LogP contribution is 2.26. The molecule has 0 aromatic carbocycles. The van der Waals surface area contributed by atoms with Crippen molar-refractivity contribution >= 4 is 17.4 Å². The van der Waals surface area contributed by atoms with Crippen LogP contribution in [-0.2, 0) is 5.88 Å². The Labute approximate surface area is 124 Å². The maximum absolute atomic E-state index is 14.3. The molecule has 2 heterocycles.